The molecule has 3 aromatic rings. The van der Waals surface area contributed by atoms with Crippen LogP contribution in [0.15, 0.2) is 53.5 Å². The second kappa shape index (κ2) is 10.6. The Morgan fingerprint density at radius 3 is 2.50 bits per heavy atom. The van der Waals surface area contributed by atoms with Gasteiger partial charge in [-0.05, 0) is 49.7 Å². The number of benzene rings is 2. The van der Waals surface area contributed by atoms with Crippen LogP contribution < -0.4 is 16.0 Å². The molecule has 0 atom stereocenters. The van der Waals surface area contributed by atoms with Crippen molar-refractivity contribution in [3.8, 4) is 0 Å². The van der Waals surface area contributed by atoms with Crippen LogP contribution in [-0.4, -0.2) is 48.1 Å². The average Bonchev–Trinajstić information content (AvgIpc) is 3.08. The van der Waals surface area contributed by atoms with Gasteiger partial charge in [0.2, 0.25) is 0 Å². The molecule has 0 radical (unpaired) electrons. The fraction of sp³-hybridized carbons (Fsp3) is 0.318. The van der Waals surface area contributed by atoms with Crippen molar-refractivity contribution in [1.29, 1.82) is 0 Å². The fourth-order valence-corrected chi connectivity index (χ4v) is 3.33. The van der Waals surface area contributed by atoms with E-state index in [1.807, 2.05) is 25.1 Å². The second-order valence-electron chi connectivity index (χ2n) is 6.84. The van der Waals surface area contributed by atoms with Crippen LogP contribution in [0.3, 0.4) is 0 Å². The number of carbonyl (C=O) groups excluding carboxylic acids is 1. The highest BCUT2D eigenvalue weighted by molar-refractivity contribution is 6.30. The van der Waals surface area contributed by atoms with E-state index in [1.54, 1.807) is 31.3 Å². The van der Waals surface area contributed by atoms with Crippen LogP contribution in [0, 0.1) is 6.92 Å². The molecule has 2 aromatic carbocycles. The van der Waals surface area contributed by atoms with E-state index in [-0.39, 0.29) is 5.91 Å². The molecule has 3 rings (SSSR count). The standard InChI is InChI=1S/C22H27ClN6O/c1-16-28-19-6-3-4-7-20(19)29(16)15-5-12-26-22(24-2)27-14-13-25-21(30)17-8-10-18(23)11-9-17/h3-4,6-11H,5,12-15H2,1-2H3,(H,25,30)(H2,24,26,27). The van der Waals surface area contributed by atoms with Gasteiger partial charge in [-0.3, -0.25) is 9.79 Å². The van der Waals surface area contributed by atoms with Gasteiger partial charge in [-0.2, -0.15) is 0 Å². The highest BCUT2D eigenvalue weighted by Gasteiger charge is 2.07. The van der Waals surface area contributed by atoms with Gasteiger partial charge in [-0.25, -0.2) is 4.98 Å². The zero-order valence-corrected chi connectivity index (χ0v) is 18.0. The lowest BCUT2D eigenvalue weighted by atomic mass is 10.2. The van der Waals surface area contributed by atoms with Crippen molar-refractivity contribution in [1.82, 2.24) is 25.5 Å². The van der Waals surface area contributed by atoms with E-state index in [1.165, 1.54) is 0 Å². The summed E-state index contributed by atoms with van der Waals surface area (Å²) in [7, 11) is 1.73. The fourth-order valence-electron chi connectivity index (χ4n) is 3.20. The van der Waals surface area contributed by atoms with Crippen LogP contribution in [0.2, 0.25) is 5.02 Å². The molecule has 1 aromatic heterocycles. The van der Waals surface area contributed by atoms with Crippen LogP contribution in [-0.2, 0) is 6.54 Å². The SMILES string of the molecule is CN=C(NCCCn1c(C)nc2ccccc21)NCCNC(=O)c1ccc(Cl)cc1. The normalized spacial score (nSPS) is 11.5. The molecule has 0 aliphatic rings. The minimum absolute atomic E-state index is 0.126. The molecule has 7 nitrogen and oxygen atoms in total. The molecule has 30 heavy (non-hydrogen) atoms. The van der Waals surface area contributed by atoms with Crippen LogP contribution in [0.25, 0.3) is 11.0 Å². The summed E-state index contributed by atoms with van der Waals surface area (Å²) in [5.41, 5.74) is 2.78. The van der Waals surface area contributed by atoms with Crippen LogP contribution in [0.5, 0.6) is 0 Å². The zero-order chi connectivity index (χ0) is 21.3. The van der Waals surface area contributed by atoms with Gasteiger partial charge >= 0.3 is 0 Å². The summed E-state index contributed by atoms with van der Waals surface area (Å²) in [5.74, 6) is 1.61. The number of imidazole rings is 1. The van der Waals surface area contributed by atoms with Gasteiger partial charge in [-0.1, -0.05) is 23.7 Å². The highest BCUT2D eigenvalue weighted by Crippen LogP contribution is 2.15. The van der Waals surface area contributed by atoms with Crippen molar-refractivity contribution in [2.24, 2.45) is 4.99 Å². The Morgan fingerprint density at radius 1 is 1.03 bits per heavy atom. The predicted molar refractivity (Wildman–Crippen MR) is 122 cm³/mol. The first kappa shape index (κ1) is 21.6. The Hall–Kier alpha value is -3.06. The van der Waals surface area contributed by atoms with E-state index in [9.17, 15) is 4.79 Å². The first-order valence-corrected chi connectivity index (χ1v) is 10.4. The van der Waals surface area contributed by atoms with Crippen molar-refractivity contribution in [2.75, 3.05) is 26.7 Å². The van der Waals surface area contributed by atoms with Gasteiger partial charge in [0.1, 0.15) is 5.82 Å². The third-order valence-electron chi connectivity index (χ3n) is 4.73. The molecule has 0 aliphatic carbocycles. The molecule has 0 spiro atoms. The summed E-state index contributed by atoms with van der Waals surface area (Å²) in [6.45, 7) is 4.76. The Labute approximate surface area is 181 Å². The summed E-state index contributed by atoms with van der Waals surface area (Å²) < 4.78 is 2.24. The summed E-state index contributed by atoms with van der Waals surface area (Å²) in [6, 6.07) is 15.0. The minimum atomic E-state index is -0.126. The lowest BCUT2D eigenvalue weighted by molar-refractivity contribution is 0.0954. The lowest BCUT2D eigenvalue weighted by Gasteiger charge is -2.13. The van der Waals surface area contributed by atoms with Crippen molar-refractivity contribution in [3.63, 3.8) is 0 Å². The Kier molecular flexibility index (Phi) is 7.68. The summed E-state index contributed by atoms with van der Waals surface area (Å²) in [4.78, 5) is 20.9. The number of aromatic nitrogens is 2. The average molecular weight is 427 g/mol. The molecule has 0 bridgehead atoms. The number of hydrogen-bond acceptors (Lipinski definition) is 3. The lowest BCUT2D eigenvalue weighted by Crippen LogP contribution is -2.42. The number of halogens is 1. The molecule has 0 unspecified atom stereocenters. The second-order valence-corrected chi connectivity index (χ2v) is 7.28. The first-order valence-electron chi connectivity index (χ1n) is 9.98. The van der Waals surface area contributed by atoms with Gasteiger partial charge in [-0.15, -0.1) is 0 Å². The number of aliphatic imine (C=N–C) groups is 1. The number of guanidine groups is 1. The van der Waals surface area contributed by atoms with E-state index in [2.05, 4.69) is 36.6 Å². The molecule has 0 aliphatic heterocycles. The third-order valence-corrected chi connectivity index (χ3v) is 4.98. The first-order chi connectivity index (χ1) is 14.6. The highest BCUT2D eigenvalue weighted by atomic mass is 35.5. The topological polar surface area (TPSA) is 83.3 Å². The maximum Gasteiger partial charge on any atom is 0.251 e. The number of nitrogens with zero attached hydrogens (tertiary/aromatic N) is 3. The molecule has 1 amide bonds. The van der Waals surface area contributed by atoms with Crippen molar-refractivity contribution in [3.05, 3.63) is 64.9 Å². The molecule has 1 heterocycles. The monoisotopic (exact) mass is 426 g/mol. The number of rotatable bonds is 8. The quantitative estimate of drug-likeness (QED) is 0.294. The molecule has 0 fully saturated rings. The molecule has 158 valence electrons. The Balaban J connectivity index is 1.36. The number of hydrogen-bond donors (Lipinski definition) is 3. The number of aryl methyl sites for hydroxylation is 2. The number of carbonyl (C=O) groups is 1. The zero-order valence-electron chi connectivity index (χ0n) is 17.3. The summed E-state index contributed by atoms with van der Waals surface area (Å²) in [6.07, 6.45) is 0.940. The van der Waals surface area contributed by atoms with Crippen LogP contribution >= 0.6 is 11.6 Å². The van der Waals surface area contributed by atoms with Gasteiger partial charge in [0.15, 0.2) is 5.96 Å². The van der Waals surface area contributed by atoms with Gasteiger partial charge in [0, 0.05) is 43.8 Å². The van der Waals surface area contributed by atoms with E-state index in [0.717, 1.165) is 36.4 Å². The number of fused-ring (bicyclic) bond motifs is 1. The Morgan fingerprint density at radius 2 is 1.73 bits per heavy atom. The van der Waals surface area contributed by atoms with Gasteiger partial charge in [0.05, 0.1) is 11.0 Å². The summed E-state index contributed by atoms with van der Waals surface area (Å²) in [5, 5.41) is 9.99. The Bertz CT molecular complexity index is 1010. The van der Waals surface area contributed by atoms with Gasteiger partial charge in [0.25, 0.3) is 5.91 Å². The summed E-state index contributed by atoms with van der Waals surface area (Å²) >= 11 is 5.84. The maximum atomic E-state index is 12.1. The van der Waals surface area contributed by atoms with E-state index in [0.29, 0.717) is 29.6 Å². The van der Waals surface area contributed by atoms with Crippen molar-refractivity contribution >= 4 is 34.5 Å². The molecule has 8 heteroatoms. The molecule has 0 saturated carbocycles. The molecular formula is C22H27ClN6O. The van der Waals surface area contributed by atoms with E-state index >= 15 is 0 Å². The third kappa shape index (κ3) is 5.73. The number of para-hydroxylation sites is 2. The number of amides is 1. The minimum Gasteiger partial charge on any atom is -0.356 e. The molecule has 3 N–H and O–H groups in total. The predicted octanol–water partition coefficient (Wildman–Crippen LogP) is 2.98. The molecular weight excluding hydrogens is 400 g/mol. The molecule has 0 saturated heterocycles. The van der Waals surface area contributed by atoms with Crippen molar-refractivity contribution < 1.29 is 4.79 Å². The van der Waals surface area contributed by atoms with E-state index < -0.39 is 0 Å². The van der Waals surface area contributed by atoms with Crippen molar-refractivity contribution in [2.45, 2.75) is 19.9 Å². The van der Waals surface area contributed by atoms with Crippen LogP contribution in [0.1, 0.15) is 22.6 Å². The van der Waals surface area contributed by atoms with Gasteiger partial charge < -0.3 is 20.5 Å². The van der Waals surface area contributed by atoms with Crippen LogP contribution in [0.4, 0.5) is 0 Å². The largest absolute Gasteiger partial charge is 0.356 e. The smallest absolute Gasteiger partial charge is 0.251 e. The number of nitrogens with one attached hydrogen (secondary N) is 3. The maximum absolute atomic E-state index is 12.1. The van der Waals surface area contributed by atoms with E-state index in [4.69, 9.17) is 11.6 Å².